The van der Waals surface area contributed by atoms with Crippen molar-refractivity contribution >= 4 is 21.4 Å². The van der Waals surface area contributed by atoms with Crippen LogP contribution in [0.5, 0.6) is 0 Å². The van der Waals surface area contributed by atoms with Gasteiger partial charge in [-0.25, -0.2) is 8.42 Å². The highest BCUT2D eigenvalue weighted by atomic mass is 32.2. The van der Waals surface area contributed by atoms with E-state index < -0.39 is 15.1 Å². The van der Waals surface area contributed by atoms with E-state index in [1.54, 1.807) is 26.0 Å². The first-order valence-electron chi connectivity index (χ1n) is 8.15. The van der Waals surface area contributed by atoms with Crippen LogP contribution < -0.4 is 5.32 Å². The number of benzene rings is 2. The molecule has 0 bridgehead atoms. The fourth-order valence-corrected chi connectivity index (χ4v) is 3.98. The Labute approximate surface area is 142 Å². The smallest absolute Gasteiger partial charge is 0.255 e. The standard InChI is InChI=1S/C19H21NO3S/c1-13(2)24(22,23)18-10-7-15(8-11-18)19(21)20-17-9-6-14-4-3-5-16(14)12-17/h6-13H,3-5H2,1-2H3,(H,20,21). The zero-order chi connectivity index (χ0) is 17.3. The first-order valence-corrected chi connectivity index (χ1v) is 9.69. The third-order valence-corrected chi connectivity index (χ3v) is 6.59. The van der Waals surface area contributed by atoms with E-state index in [0.29, 0.717) is 5.56 Å². The van der Waals surface area contributed by atoms with E-state index >= 15 is 0 Å². The molecule has 2 aromatic carbocycles. The van der Waals surface area contributed by atoms with Crippen molar-refractivity contribution < 1.29 is 13.2 Å². The molecule has 3 rings (SSSR count). The minimum absolute atomic E-state index is 0.235. The Morgan fingerprint density at radius 1 is 1.00 bits per heavy atom. The van der Waals surface area contributed by atoms with Gasteiger partial charge in [-0.2, -0.15) is 0 Å². The lowest BCUT2D eigenvalue weighted by Gasteiger charge is -2.10. The number of anilines is 1. The molecule has 0 aromatic heterocycles. The number of hydrogen-bond acceptors (Lipinski definition) is 3. The lowest BCUT2D eigenvalue weighted by atomic mass is 10.1. The summed E-state index contributed by atoms with van der Waals surface area (Å²) in [5, 5.41) is 2.40. The van der Waals surface area contributed by atoms with Crippen molar-refractivity contribution in [2.24, 2.45) is 0 Å². The van der Waals surface area contributed by atoms with Crippen molar-refractivity contribution in [1.29, 1.82) is 0 Å². The van der Waals surface area contributed by atoms with Gasteiger partial charge in [0.15, 0.2) is 9.84 Å². The number of fused-ring (bicyclic) bond motifs is 1. The summed E-state index contributed by atoms with van der Waals surface area (Å²) in [7, 11) is -3.32. The zero-order valence-corrected chi connectivity index (χ0v) is 14.7. The van der Waals surface area contributed by atoms with Crippen LogP contribution in [0.25, 0.3) is 0 Å². The van der Waals surface area contributed by atoms with Gasteiger partial charge in [0.1, 0.15) is 0 Å². The third kappa shape index (κ3) is 3.22. The molecule has 1 amide bonds. The van der Waals surface area contributed by atoms with E-state index in [0.717, 1.165) is 18.5 Å². The predicted octanol–water partition coefficient (Wildman–Crippen LogP) is 3.61. The predicted molar refractivity (Wildman–Crippen MR) is 95.2 cm³/mol. The van der Waals surface area contributed by atoms with Gasteiger partial charge in [0.25, 0.3) is 5.91 Å². The topological polar surface area (TPSA) is 63.2 Å². The number of amides is 1. The molecule has 24 heavy (non-hydrogen) atoms. The number of aryl methyl sites for hydroxylation is 2. The molecular formula is C19H21NO3S. The second kappa shape index (κ2) is 6.40. The molecule has 0 atom stereocenters. The fraction of sp³-hybridized carbons (Fsp3) is 0.316. The van der Waals surface area contributed by atoms with Gasteiger partial charge in [0.2, 0.25) is 0 Å². The molecule has 4 nitrogen and oxygen atoms in total. The van der Waals surface area contributed by atoms with Gasteiger partial charge in [-0.1, -0.05) is 6.07 Å². The van der Waals surface area contributed by atoms with Crippen LogP contribution in [0.1, 0.15) is 41.8 Å². The molecule has 0 saturated heterocycles. The Morgan fingerprint density at radius 3 is 2.33 bits per heavy atom. The number of sulfone groups is 1. The molecule has 0 unspecified atom stereocenters. The van der Waals surface area contributed by atoms with Gasteiger partial charge in [-0.15, -0.1) is 0 Å². The second-order valence-electron chi connectivity index (χ2n) is 6.41. The van der Waals surface area contributed by atoms with Crippen LogP contribution >= 0.6 is 0 Å². The number of carbonyl (C=O) groups is 1. The highest BCUT2D eigenvalue weighted by molar-refractivity contribution is 7.92. The van der Waals surface area contributed by atoms with Crippen molar-refractivity contribution in [2.45, 2.75) is 43.3 Å². The van der Waals surface area contributed by atoms with Crippen LogP contribution in [0.2, 0.25) is 0 Å². The normalized spacial score (nSPS) is 13.8. The van der Waals surface area contributed by atoms with Crippen LogP contribution in [-0.2, 0) is 22.7 Å². The molecule has 0 spiro atoms. The molecular weight excluding hydrogens is 322 g/mol. The summed E-state index contributed by atoms with van der Waals surface area (Å²) in [4.78, 5) is 12.6. The van der Waals surface area contributed by atoms with Crippen molar-refractivity contribution in [1.82, 2.24) is 0 Å². The first kappa shape index (κ1) is 16.7. The lowest BCUT2D eigenvalue weighted by molar-refractivity contribution is 0.102. The van der Waals surface area contributed by atoms with Gasteiger partial charge in [0, 0.05) is 11.3 Å². The maximum absolute atomic E-state index is 12.3. The Hall–Kier alpha value is -2.14. The van der Waals surface area contributed by atoms with Crippen LogP contribution in [0, 0.1) is 0 Å². The summed E-state index contributed by atoms with van der Waals surface area (Å²) in [5.74, 6) is -0.235. The summed E-state index contributed by atoms with van der Waals surface area (Å²) in [5.41, 5.74) is 3.88. The van der Waals surface area contributed by atoms with Crippen LogP contribution in [0.15, 0.2) is 47.4 Å². The molecule has 0 radical (unpaired) electrons. The van der Waals surface area contributed by atoms with E-state index in [-0.39, 0.29) is 10.8 Å². The Kier molecular flexibility index (Phi) is 4.45. The van der Waals surface area contributed by atoms with E-state index in [1.807, 2.05) is 12.1 Å². The molecule has 126 valence electrons. The number of carbonyl (C=O) groups excluding carboxylic acids is 1. The molecule has 1 aliphatic carbocycles. The van der Waals surface area contributed by atoms with E-state index in [1.165, 1.54) is 29.7 Å². The van der Waals surface area contributed by atoms with Gasteiger partial charge in [-0.3, -0.25) is 4.79 Å². The summed E-state index contributed by atoms with van der Waals surface area (Å²) < 4.78 is 24.2. The van der Waals surface area contributed by atoms with Gasteiger partial charge >= 0.3 is 0 Å². The lowest BCUT2D eigenvalue weighted by Crippen LogP contribution is -2.15. The maximum Gasteiger partial charge on any atom is 0.255 e. The molecule has 1 aliphatic rings. The number of rotatable bonds is 4. The summed E-state index contributed by atoms with van der Waals surface area (Å²) in [6.07, 6.45) is 3.33. The van der Waals surface area contributed by atoms with Crippen LogP contribution in [-0.4, -0.2) is 19.6 Å². The second-order valence-corrected chi connectivity index (χ2v) is 8.91. The summed E-state index contributed by atoms with van der Waals surface area (Å²) in [6.45, 7) is 3.29. The highest BCUT2D eigenvalue weighted by Gasteiger charge is 2.19. The average Bonchev–Trinajstić information content (AvgIpc) is 3.02. The van der Waals surface area contributed by atoms with Gasteiger partial charge in [-0.05, 0) is 80.6 Å². The van der Waals surface area contributed by atoms with E-state index in [4.69, 9.17) is 0 Å². The average molecular weight is 343 g/mol. The van der Waals surface area contributed by atoms with Gasteiger partial charge in [0.05, 0.1) is 10.1 Å². The molecule has 0 heterocycles. The minimum Gasteiger partial charge on any atom is -0.322 e. The van der Waals surface area contributed by atoms with Crippen molar-refractivity contribution in [3.63, 3.8) is 0 Å². The zero-order valence-electron chi connectivity index (χ0n) is 13.9. The Morgan fingerprint density at radius 2 is 1.67 bits per heavy atom. The summed E-state index contributed by atoms with van der Waals surface area (Å²) in [6, 6.07) is 12.1. The first-order chi connectivity index (χ1) is 11.4. The minimum atomic E-state index is -3.32. The number of nitrogens with one attached hydrogen (secondary N) is 1. The quantitative estimate of drug-likeness (QED) is 0.922. The molecule has 1 N–H and O–H groups in total. The summed E-state index contributed by atoms with van der Waals surface area (Å²) >= 11 is 0. The van der Waals surface area contributed by atoms with Crippen molar-refractivity contribution in [3.05, 3.63) is 59.2 Å². The SMILES string of the molecule is CC(C)S(=O)(=O)c1ccc(C(=O)Nc2ccc3c(c2)CCC3)cc1. The molecule has 2 aromatic rings. The van der Waals surface area contributed by atoms with Crippen molar-refractivity contribution in [2.75, 3.05) is 5.32 Å². The van der Waals surface area contributed by atoms with Gasteiger partial charge < -0.3 is 5.32 Å². The fourth-order valence-electron chi connectivity index (χ4n) is 2.92. The number of hydrogen-bond donors (Lipinski definition) is 1. The maximum atomic E-state index is 12.3. The molecule has 0 aliphatic heterocycles. The molecule has 0 fully saturated rings. The van der Waals surface area contributed by atoms with E-state index in [9.17, 15) is 13.2 Å². The Balaban J connectivity index is 1.76. The van der Waals surface area contributed by atoms with Crippen LogP contribution in [0.3, 0.4) is 0 Å². The molecule has 0 saturated carbocycles. The molecule has 5 heteroatoms. The third-order valence-electron chi connectivity index (χ3n) is 4.42. The van der Waals surface area contributed by atoms with Crippen molar-refractivity contribution in [3.8, 4) is 0 Å². The van der Waals surface area contributed by atoms with E-state index in [2.05, 4.69) is 11.4 Å². The van der Waals surface area contributed by atoms with Crippen LogP contribution in [0.4, 0.5) is 5.69 Å². The highest BCUT2D eigenvalue weighted by Crippen LogP contribution is 2.25. The monoisotopic (exact) mass is 343 g/mol. The Bertz CT molecular complexity index is 868. The largest absolute Gasteiger partial charge is 0.322 e.